The van der Waals surface area contributed by atoms with Crippen molar-refractivity contribution < 1.29 is 4.84 Å². The molecule has 1 aromatic heterocycles. The van der Waals surface area contributed by atoms with Crippen LogP contribution >= 0.6 is 34.5 Å². The SMILES string of the molecule is Clc1cccc(Cl)c1NC1=NCCN1OCc1cccs1. The van der Waals surface area contributed by atoms with Gasteiger partial charge in [-0.15, -0.1) is 11.3 Å². The lowest BCUT2D eigenvalue weighted by molar-refractivity contribution is -0.102. The van der Waals surface area contributed by atoms with Crippen LogP contribution in [0.5, 0.6) is 0 Å². The lowest BCUT2D eigenvalue weighted by atomic mass is 10.3. The van der Waals surface area contributed by atoms with Crippen molar-refractivity contribution in [3.05, 3.63) is 50.6 Å². The second-order valence-electron chi connectivity index (χ2n) is 4.38. The van der Waals surface area contributed by atoms with E-state index in [1.165, 1.54) is 0 Å². The average Bonchev–Trinajstić information content (AvgIpc) is 3.12. The Morgan fingerprint density at radius 1 is 1.24 bits per heavy atom. The van der Waals surface area contributed by atoms with Crippen molar-refractivity contribution in [2.75, 3.05) is 18.4 Å². The van der Waals surface area contributed by atoms with E-state index < -0.39 is 0 Å². The lowest BCUT2D eigenvalue weighted by Gasteiger charge is -2.20. The standard InChI is InChI=1S/C14H13Cl2N3OS/c15-11-4-1-5-12(16)13(11)18-14-17-6-7-19(14)20-9-10-3-2-8-21-10/h1-5,8H,6-7,9H2,(H,17,18). The van der Waals surface area contributed by atoms with Crippen LogP contribution in [-0.4, -0.2) is 24.1 Å². The van der Waals surface area contributed by atoms with Crippen molar-refractivity contribution in [2.24, 2.45) is 4.99 Å². The zero-order valence-corrected chi connectivity index (χ0v) is 13.4. The number of thiophene rings is 1. The number of para-hydroxylation sites is 1. The minimum Gasteiger partial charge on any atom is -0.322 e. The molecule has 7 heteroatoms. The maximum atomic E-state index is 6.15. The van der Waals surface area contributed by atoms with Crippen LogP contribution in [0.4, 0.5) is 5.69 Å². The zero-order chi connectivity index (χ0) is 14.7. The van der Waals surface area contributed by atoms with E-state index in [4.69, 9.17) is 28.0 Å². The molecule has 0 saturated carbocycles. The summed E-state index contributed by atoms with van der Waals surface area (Å²) < 4.78 is 0. The van der Waals surface area contributed by atoms with Crippen molar-refractivity contribution in [3.8, 4) is 0 Å². The van der Waals surface area contributed by atoms with Gasteiger partial charge in [-0.3, -0.25) is 4.84 Å². The minimum atomic E-state index is 0.522. The summed E-state index contributed by atoms with van der Waals surface area (Å²) in [6.45, 7) is 1.90. The molecule has 2 heterocycles. The van der Waals surface area contributed by atoms with Crippen LogP contribution in [0.3, 0.4) is 0 Å². The van der Waals surface area contributed by atoms with Crippen LogP contribution in [0.15, 0.2) is 40.7 Å². The molecule has 0 amide bonds. The molecule has 2 aromatic rings. The molecule has 0 bridgehead atoms. The molecule has 0 fully saturated rings. The Labute approximate surface area is 136 Å². The fraction of sp³-hybridized carbons (Fsp3) is 0.214. The topological polar surface area (TPSA) is 36.9 Å². The van der Waals surface area contributed by atoms with E-state index in [2.05, 4.69) is 10.3 Å². The molecule has 110 valence electrons. The molecule has 3 rings (SSSR count). The minimum absolute atomic E-state index is 0.522. The van der Waals surface area contributed by atoms with Gasteiger partial charge in [0.1, 0.15) is 6.61 Å². The molecule has 1 N–H and O–H groups in total. The molecule has 0 atom stereocenters. The highest BCUT2D eigenvalue weighted by atomic mass is 35.5. The van der Waals surface area contributed by atoms with Gasteiger partial charge in [0.2, 0.25) is 5.96 Å². The molecular formula is C14H13Cl2N3OS. The Balaban J connectivity index is 1.67. The number of hydrogen-bond donors (Lipinski definition) is 1. The Bertz CT molecular complexity index is 625. The molecule has 0 radical (unpaired) electrons. The Hall–Kier alpha value is -1.27. The zero-order valence-electron chi connectivity index (χ0n) is 11.1. The van der Waals surface area contributed by atoms with E-state index in [0.717, 1.165) is 4.88 Å². The number of benzene rings is 1. The van der Waals surface area contributed by atoms with E-state index in [0.29, 0.717) is 41.4 Å². The summed E-state index contributed by atoms with van der Waals surface area (Å²) >= 11 is 14.0. The Morgan fingerprint density at radius 2 is 2.05 bits per heavy atom. The summed E-state index contributed by atoms with van der Waals surface area (Å²) in [5, 5.41) is 8.01. The quantitative estimate of drug-likeness (QED) is 0.902. The van der Waals surface area contributed by atoms with Crippen LogP contribution in [-0.2, 0) is 11.4 Å². The van der Waals surface area contributed by atoms with Crippen molar-refractivity contribution in [3.63, 3.8) is 0 Å². The van der Waals surface area contributed by atoms with Gasteiger partial charge in [0, 0.05) is 4.88 Å². The van der Waals surface area contributed by atoms with Gasteiger partial charge in [0.05, 0.1) is 28.8 Å². The molecule has 1 aliphatic rings. The fourth-order valence-corrected chi connectivity index (χ4v) is 3.03. The number of halogens is 2. The molecule has 4 nitrogen and oxygen atoms in total. The summed E-state index contributed by atoms with van der Waals surface area (Å²) in [5.74, 6) is 0.626. The predicted octanol–water partition coefficient (Wildman–Crippen LogP) is 4.27. The number of hydroxylamine groups is 2. The highest BCUT2D eigenvalue weighted by molar-refractivity contribution is 7.09. The maximum absolute atomic E-state index is 6.15. The molecule has 0 saturated heterocycles. The van der Waals surface area contributed by atoms with E-state index in [1.54, 1.807) is 34.6 Å². The third kappa shape index (κ3) is 3.49. The summed E-state index contributed by atoms with van der Waals surface area (Å²) in [6.07, 6.45) is 0. The van der Waals surface area contributed by atoms with E-state index in [9.17, 15) is 0 Å². The van der Waals surface area contributed by atoms with Gasteiger partial charge in [-0.25, -0.2) is 10.1 Å². The third-order valence-electron chi connectivity index (χ3n) is 2.94. The maximum Gasteiger partial charge on any atom is 0.223 e. The molecule has 1 aliphatic heterocycles. The normalized spacial score (nSPS) is 14.4. The van der Waals surface area contributed by atoms with Gasteiger partial charge in [-0.2, -0.15) is 0 Å². The number of aliphatic imine (C=N–C) groups is 1. The monoisotopic (exact) mass is 341 g/mol. The van der Waals surface area contributed by atoms with Crippen LogP contribution in [0.1, 0.15) is 4.88 Å². The first-order chi connectivity index (χ1) is 10.2. The summed E-state index contributed by atoms with van der Waals surface area (Å²) in [6, 6.07) is 9.40. The van der Waals surface area contributed by atoms with Crippen LogP contribution in [0, 0.1) is 0 Å². The molecule has 1 aromatic carbocycles. The van der Waals surface area contributed by atoms with Gasteiger partial charge in [-0.1, -0.05) is 35.3 Å². The second-order valence-corrected chi connectivity index (χ2v) is 6.23. The van der Waals surface area contributed by atoms with Crippen molar-refractivity contribution >= 4 is 46.2 Å². The van der Waals surface area contributed by atoms with Gasteiger partial charge < -0.3 is 5.32 Å². The van der Waals surface area contributed by atoms with Crippen LogP contribution < -0.4 is 5.32 Å². The number of nitrogens with zero attached hydrogens (tertiary/aromatic N) is 2. The van der Waals surface area contributed by atoms with E-state index in [1.807, 2.05) is 17.5 Å². The highest BCUT2D eigenvalue weighted by Gasteiger charge is 2.20. The second kappa shape index (κ2) is 6.66. The Morgan fingerprint density at radius 3 is 2.76 bits per heavy atom. The highest BCUT2D eigenvalue weighted by Crippen LogP contribution is 2.30. The first-order valence-electron chi connectivity index (χ1n) is 6.42. The molecular weight excluding hydrogens is 329 g/mol. The van der Waals surface area contributed by atoms with Crippen molar-refractivity contribution in [1.82, 2.24) is 5.06 Å². The van der Waals surface area contributed by atoms with Crippen molar-refractivity contribution in [1.29, 1.82) is 0 Å². The van der Waals surface area contributed by atoms with Gasteiger partial charge in [-0.05, 0) is 23.6 Å². The number of hydrogen-bond acceptors (Lipinski definition) is 5. The largest absolute Gasteiger partial charge is 0.322 e. The van der Waals surface area contributed by atoms with Crippen molar-refractivity contribution in [2.45, 2.75) is 6.61 Å². The predicted molar refractivity (Wildman–Crippen MR) is 88.2 cm³/mol. The van der Waals surface area contributed by atoms with Gasteiger partial charge >= 0.3 is 0 Å². The average molecular weight is 342 g/mol. The molecule has 21 heavy (non-hydrogen) atoms. The first kappa shape index (κ1) is 14.7. The Kier molecular flexibility index (Phi) is 4.65. The van der Waals surface area contributed by atoms with Gasteiger partial charge in [0.15, 0.2) is 0 Å². The summed E-state index contributed by atoms with van der Waals surface area (Å²) in [5.41, 5.74) is 0.645. The van der Waals surface area contributed by atoms with E-state index >= 15 is 0 Å². The number of nitrogens with one attached hydrogen (secondary N) is 1. The van der Waals surface area contributed by atoms with Gasteiger partial charge in [0.25, 0.3) is 0 Å². The van der Waals surface area contributed by atoms with Crippen LogP contribution in [0.2, 0.25) is 10.0 Å². The summed E-state index contributed by atoms with van der Waals surface area (Å²) in [4.78, 5) is 11.3. The summed E-state index contributed by atoms with van der Waals surface area (Å²) in [7, 11) is 0. The van der Waals surface area contributed by atoms with E-state index in [-0.39, 0.29) is 0 Å². The number of anilines is 1. The first-order valence-corrected chi connectivity index (χ1v) is 8.06. The molecule has 0 spiro atoms. The number of rotatable bonds is 4. The third-order valence-corrected chi connectivity index (χ3v) is 4.42. The lowest BCUT2D eigenvalue weighted by Crippen LogP contribution is -2.33. The molecule has 0 unspecified atom stereocenters. The van der Waals surface area contributed by atoms with Crippen LogP contribution in [0.25, 0.3) is 0 Å². The smallest absolute Gasteiger partial charge is 0.223 e. The molecule has 0 aliphatic carbocycles. The fourth-order valence-electron chi connectivity index (χ4n) is 1.92. The number of guanidine groups is 1.